The monoisotopic (exact) mass is 550 g/mol. The van der Waals surface area contributed by atoms with Crippen molar-refractivity contribution in [2.24, 2.45) is 0 Å². The molecule has 0 saturated heterocycles. The van der Waals surface area contributed by atoms with Gasteiger partial charge in [-0.2, -0.15) is 0 Å². The lowest BCUT2D eigenvalue weighted by Crippen LogP contribution is -2.25. The van der Waals surface area contributed by atoms with Crippen LogP contribution in [-0.2, 0) is 25.7 Å². The van der Waals surface area contributed by atoms with Gasteiger partial charge < -0.3 is 14.0 Å². The van der Waals surface area contributed by atoms with Crippen molar-refractivity contribution in [2.45, 2.75) is 52.9 Å². The van der Waals surface area contributed by atoms with Crippen molar-refractivity contribution in [2.75, 3.05) is 0 Å². The Kier molecular flexibility index (Phi) is 9.74. The van der Waals surface area contributed by atoms with Crippen molar-refractivity contribution in [3.8, 4) is 5.75 Å². The van der Waals surface area contributed by atoms with Crippen molar-refractivity contribution in [1.82, 2.24) is 0 Å². The van der Waals surface area contributed by atoms with E-state index in [2.05, 4.69) is 48.5 Å². The summed E-state index contributed by atoms with van der Waals surface area (Å²) in [6.45, 7) is 7.25. The highest BCUT2D eigenvalue weighted by molar-refractivity contribution is 7.97. The first kappa shape index (κ1) is 29.0. The molecule has 0 aliphatic carbocycles. The maximum atomic E-state index is 11.8. The van der Waals surface area contributed by atoms with Crippen LogP contribution in [-0.4, -0.2) is 24.7 Å². The van der Waals surface area contributed by atoms with Crippen LogP contribution in [0.15, 0.2) is 129 Å². The van der Waals surface area contributed by atoms with E-state index in [0.29, 0.717) is 5.75 Å². The van der Waals surface area contributed by atoms with Crippen molar-refractivity contribution in [3.63, 3.8) is 0 Å². The summed E-state index contributed by atoms with van der Waals surface area (Å²) >= 11 is 0. The van der Waals surface area contributed by atoms with E-state index in [1.54, 1.807) is 12.1 Å². The van der Waals surface area contributed by atoms with Gasteiger partial charge in [0.1, 0.15) is 21.5 Å². The minimum atomic E-state index is -4.27. The molecule has 0 fully saturated rings. The lowest BCUT2D eigenvalue weighted by atomic mass is 10.2. The predicted molar refractivity (Wildman–Crippen MR) is 147 cm³/mol. The molecule has 4 rings (SSSR count). The molecule has 0 aromatic heterocycles. The molecule has 0 atom stereocenters. The summed E-state index contributed by atoms with van der Waals surface area (Å²) in [5.41, 5.74) is 0.349. The Morgan fingerprint density at radius 1 is 0.711 bits per heavy atom. The number of ether oxygens (including phenoxy) is 2. The van der Waals surface area contributed by atoms with Crippen LogP contribution in [0.3, 0.4) is 0 Å². The Morgan fingerprint density at radius 3 is 1.58 bits per heavy atom. The minimum Gasteiger partial charge on any atom is -0.744 e. The Balaban J connectivity index is 0.000000304. The number of hydrogen-bond donors (Lipinski definition) is 0. The second-order valence-electron chi connectivity index (χ2n) is 9.24. The maximum Gasteiger partial charge on any atom is 0.514 e. The molecule has 0 radical (unpaired) electrons. The summed E-state index contributed by atoms with van der Waals surface area (Å²) in [6, 6.07) is 34.2. The molecule has 0 aliphatic heterocycles. The SMILES string of the molecule is CC(C)(C)OC(=O)Oc1ccc([S+](c2ccccc2)c2ccccc2)cc1.Cc1ccc(S(=O)(=O)[O-])cc1. The standard InChI is InChI=1S/C23H23O3S.C7H8O3S/c1-23(2,3)26-22(24)25-18-14-16-21(17-15-18)27(19-10-6-4-7-11-19)20-12-8-5-9-13-20;1-6-2-4-7(5-3-6)11(8,9)10/h4-17H,1-3H3;2-5H,1H3,(H,8,9,10)/q+1;/p-1. The Morgan fingerprint density at radius 2 is 1.16 bits per heavy atom. The van der Waals surface area contributed by atoms with Gasteiger partial charge in [0.15, 0.2) is 14.7 Å². The van der Waals surface area contributed by atoms with E-state index in [9.17, 15) is 17.8 Å². The van der Waals surface area contributed by atoms with Crippen LogP contribution < -0.4 is 4.74 Å². The molecule has 8 heteroatoms. The van der Waals surface area contributed by atoms with Gasteiger partial charge in [0.25, 0.3) is 0 Å². The molecule has 0 aliphatic rings. The highest BCUT2D eigenvalue weighted by atomic mass is 32.2. The average molecular weight is 551 g/mol. The van der Waals surface area contributed by atoms with Crippen LogP contribution in [0.5, 0.6) is 5.75 Å². The van der Waals surface area contributed by atoms with Crippen LogP contribution in [0.1, 0.15) is 26.3 Å². The second kappa shape index (κ2) is 12.8. The highest BCUT2D eigenvalue weighted by Gasteiger charge is 2.28. The van der Waals surface area contributed by atoms with Gasteiger partial charge in [0.2, 0.25) is 0 Å². The van der Waals surface area contributed by atoms with E-state index in [1.807, 2.05) is 64.1 Å². The van der Waals surface area contributed by atoms with Gasteiger partial charge >= 0.3 is 6.16 Å². The maximum absolute atomic E-state index is 11.8. The number of aryl methyl sites for hydroxylation is 1. The normalized spacial score (nSPS) is 11.3. The van der Waals surface area contributed by atoms with Crippen LogP contribution >= 0.6 is 0 Å². The minimum absolute atomic E-state index is 0.178. The third-order valence-electron chi connectivity index (χ3n) is 4.92. The average Bonchev–Trinajstić information content (AvgIpc) is 2.86. The second-order valence-corrected chi connectivity index (χ2v) is 12.6. The van der Waals surface area contributed by atoms with E-state index >= 15 is 0 Å². The van der Waals surface area contributed by atoms with Crippen molar-refractivity contribution in [1.29, 1.82) is 0 Å². The highest BCUT2D eigenvalue weighted by Crippen LogP contribution is 2.32. The number of hydrogen-bond acceptors (Lipinski definition) is 6. The van der Waals surface area contributed by atoms with Gasteiger partial charge in [0.05, 0.1) is 15.8 Å². The van der Waals surface area contributed by atoms with E-state index < -0.39 is 21.9 Å². The van der Waals surface area contributed by atoms with Crippen molar-refractivity contribution >= 4 is 27.2 Å². The fourth-order valence-corrected chi connectivity index (χ4v) is 5.79. The third-order valence-corrected chi connectivity index (χ3v) is 8.00. The molecular formula is C30H30O6S2. The van der Waals surface area contributed by atoms with E-state index in [-0.39, 0.29) is 15.8 Å². The summed E-state index contributed by atoms with van der Waals surface area (Å²) in [4.78, 5) is 15.3. The number of rotatable bonds is 5. The molecule has 0 unspecified atom stereocenters. The third kappa shape index (κ3) is 9.06. The molecule has 0 saturated carbocycles. The molecule has 0 heterocycles. The Labute approximate surface area is 227 Å². The van der Waals surface area contributed by atoms with E-state index in [1.165, 1.54) is 21.9 Å². The molecule has 0 N–H and O–H groups in total. The van der Waals surface area contributed by atoms with Gasteiger partial charge in [-0.25, -0.2) is 13.2 Å². The fourth-order valence-electron chi connectivity index (χ4n) is 3.24. The number of benzene rings is 4. The number of carbonyl (C=O) groups is 1. The molecule has 0 spiro atoms. The zero-order valence-corrected chi connectivity index (χ0v) is 23.3. The summed E-state index contributed by atoms with van der Waals surface area (Å²) < 4.78 is 41.6. The zero-order valence-electron chi connectivity index (χ0n) is 21.7. The quantitative estimate of drug-likeness (QED) is 0.115. The van der Waals surface area contributed by atoms with Crippen LogP contribution in [0.25, 0.3) is 0 Å². The summed E-state index contributed by atoms with van der Waals surface area (Å²) in [5, 5.41) is 0. The Bertz CT molecular complexity index is 1370. The molecule has 6 nitrogen and oxygen atoms in total. The lowest BCUT2D eigenvalue weighted by Gasteiger charge is -2.18. The van der Waals surface area contributed by atoms with Gasteiger partial charge in [-0.05, 0) is 88.4 Å². The molecule has 198 valence electrons. The molecule has 4 aromatic rings. The topological polar surface area (TPSA) is 92.7 Å². The van der Waals surface area contributed by atoms with Crippen LogP contribution in [0.4, 0.5) is 4.79 Å². The lowest BCUT2D eigenvalue weighted by molar-refractivity contribution is 0.0206. The largest absolute Gasteiger partial charge is 0.744 e. The van der Waals surface area contributed by atoms with Gasteiger partial charge in [-0.1, -0.05) is 54.1 Å². The summed E-state index contributed by atoms with van der Waals surface area (Å²) in [7, 11) is -4.49. The van der Waals surface area contributed by atoms with E-state index in [4.69, 9.17) is 9.47 Å². The van der Waals surface area contributed by atoms with Gasteiger partial charge in [-0.3, -0.25) is 0 Å². The zero-order chi connectivity index (χ0) is 27.8. The predicted octanol–water partition coefficient (Wildman–Crippen LogP) is 7.00. The number of carbonyl (C=O) groups excluding carboxylic acids is 1. The van der Waals surface area contributed by atoms with Gasteiger partial charge in [0, 0.05) is 0 Å². The van der Waals surface area contributed by atoms with Crippen LogP contribution in [0.2, 0.25) is 0 Å². The van der Waals surface area contributed by atoms with Gasteiger partial charge in [-0.15, -0.1) is 0 Å². The molecule has 0 amide bonds. The molecular weight excluding hydrogens is 520 g/mol. The van der Waals surface area contributed by atoms with E-state index in [0.717, 1.165) is 10.5 Å². The first-order valence-electron chi connectivity index (χ1n) is 11.8. The Hall–Kier alpha value is -3.59. The first-order valence-corrected chi connectivity index (χ1v) is 14.4. The molecule has 0 bridgehead atoms. The summed E-state index contributed by atoms with van der Waals surface area (Å²) in [5.74, 6) is 0.470. The van der Waals surface area contributed by atoms with Crippen LogP contribution in [0, 0.1) is 6.92 Å². The van der Waals surface area contributed by atoms with Crippen molar-refractivity contribution in [3.05, 3.63) is 115 Å². The summed E-state index contributed by atoms with van der Waals surface area (Å²) in [6.07, 6.45) is -0.694. The smallest absolute Gasteiger partial charge is 0.514 e. The fraction of sp³-hybridized carbons (Fsp3) is 0.167. The molecule has 38 heavy (non-hydrogen) atoms. The molecule has 4 aromatic carbocycles. The van der Waals surface area contributed by atoms with Crippen molar-refractivity contribution < 1.29 is 27.2 Å². The first-order chi connectivity index (χ1) is 17.9.